The lowest BCUT2D eigenvalue weighted by Crippen LogP contribution is -3.00. The molecule has 0 unspecified atom stereocenters. The molecule has 5 nitrogen and oxygen atoms in total. The second-order valence-electron chi connectivity index (χ2n) is 18.8. The SMILES string of the molecule is CC[N+](CC)(CC)CC.CSc1ccccc1CCl.CSc1ccccc1CN(Cc1ccccc1C)[C@@H]1CCCC[C@H]1N(Cc1ccccc1SC)Cc1ccccc1SC.N[C@@H]1CCCC[C@H]1N.[Cl-]. The molecule has 11 heteroatoms. The van der Waals surface area contributed by atoms with Crippen LogP contribution in [0.2, 0.25) is 0 Å². The minimum atomic E-state index is 0. The van der Waals surface area contributed by atoms with Crippen molar-refractivity contribution >= 4 is 58.6 Å². The maximum absolute atomic E-state index is 5.70. The monoisotopic (exact) mass is 1080 g/mol. The first kappa shape index (κ1) is 63.2. The van der Waals surface area contributed by atoms with Gasteiger partial charge in [-0.15, -0.1) is 58.6 Å². The molecule has 5 aromatic carbocycles. The van der Waals surface area contributed by atoms with Crippen LogP contribution in [0, 0.1) is 6.92 Å². The van der Waals surface area contributed by atoms with E-state index in [1.807, 2.05) is 47.4 Å². The van der Waals surface area contributed by atoms with E-state index in [9.17, 15) is 0 Å². The minimum Gasteiger partial charge on any atom is -1.00 e. The van der Waals surface area contributed by atoms with Gasteiger partial charge in [-0.25, -0.2) is 0 Å². The van der Waals surface area contributed by atoms with E-state index in [0.29, 0.717) is 18.0 Å². The summed E-state index contributed by atoms with van der Waals surface area (Å²) in [4.78, 5) is 11.1. The van der Waals surface area contributed by atoms with Gasteiger partial charge in [-0.1, -0.05) is 123 Å². The number of alkyl halides is 1. The average Bonchev–Trinajstić information content (AvgIpc) is 3.41. The van der Waals surface area contributed by atoms with Crippen LogP contribution < -0.4 is 23.9 Å². The number of thioether (sulfide) groups is 4. The second kappa shape index (κ2) is 35.2. The molecule has 4 N–H and O–H groups in total. The summed E-state index contributed by atoms with van der Waals surface area (Å²) in [5.74, 6) is 0.608. The minimum absolute atomic E-state index is 0. The van der Waals surface area contributed by atoms with Gasteiger partial charge < -0.3 is 28.4 Å². The van der Waals surface area contributed by atoms with Crippen molar-refractivity contribution in [3.63, 3.8) is 0 Å². The first-order valence-corrected chi connectivity index (χ1v) is 31.4. The van der Waals surface area contributed by atoms with Crippen LogP contribution >= 0.6 is 58.6 Å². The van der Waals surface area contributed by atoms with Gasteiger partial charge >= 0.3 is 0 Å². The molecule has 2 saturated carbocycles. The molecule has 0 radical (unpaired) electrons. The van der Waals surface area contributed by atoms with E-state index in [-0.39, 0.29) is 24.5 Å². The van der Waals surface area contributed by atoms with Crippen molar-refractivity contribution in [2.24, 2.45) is 11.5 Å². The molecule has 0 spiro atoms. The number of rotatable bonds is 19. The summed E-state index contributed by atoms with van der Waals surface area (Å²) in [6, 6.07) is 45.8. The van der Waals surface area contributed by atoms with Gasteiger partial charge in [0.15, 0.2) is 0 Å². The Morgan fingerprint density at radius 3 is 1.01 bits per heavy atom. The number of benzene rings is 5. The Labute approximate surface area is 461 Å². The Balaban J connectivity index is 0.000000383. The third-order valence-corrected chi connectivity index (χ3v) is 18.5. The van der Waals surface area contributed by atoms with E-state index in [0.717, 1.165) is 39.0 Å². The molecule has 4 atom stereocenters. The quantitative estimate of drug-likeness (QED) is 0.0482. The summed E-state index contributed by atoms with van der Waals surface area (Å²) in [6.07, 6.45) is 18.6. The van der Waals surface area contributed by atoms with Gasteiger partial charge in [0.05, 0.1) is 26.2 Å². The molecule has 0 saturated heterocycles. The van der Waals surface area contributed by atoms with Crippen molar-refractivity contribution in [1.29, 1.82) is 0 Å². The largest absolute Gasteiger partial charge is 1.00 e. The zero-order valence-electron chi connectivity index (χ0n) is 44.8. The molecule has 0 heterocycles. The van der Waals surface area contributed by atoms with Gasteiger partial charge in [0, 0.05) is 75.8 Å². The number of nitrogens with zero attached hydrogens (tertiary/aromatic N) is 3. The number of aryl methyl sites for hydroxylation is 1. The Morgan fingerprint density at radius 1 is 0.451 bits per heavy atom. The third-order valence-electron chi connectivity index (χ3n) is 14.9. The second-order valence-corrected chi connectivity index (χ2v) is 22.4. The van der Waals surface area contributed by atoms with Crippen LogP contribution in [0.1, 0.15) is 112 Å². The molecule has 2 aliphatic rings. The fourth-order valence-electron chi connectivity index (χ4n) is 10.0. The van der Waals surface area contributed by atoms with Crippen molar-refractivity contribution in [2.45, 2.75) is 162 Å². The molecule has 2 aliphatic carbocycles. The van der Waals surface area contributed by atoms with Gasteiger partial charge in [-0.2, -0.15) is 0 Å². The molecule has 0 amide bonds. The Hall–Kier alpha value is -2.12. The first-order chi connectivity index (χ1) is 34.0. The summed E-state index contributed by atoms with van der Waals surface area (Å²) in [6.45, 7) is 20.4. The van der Waals surface area contributed by atoms with E-state index in [4.69, 9.17) is 23.1 Å². The van der Waals surface area contributed by atoms with Gasteiger partial charge in [-0.05, 0) is 143 Å². The van der Waals surface area contributed by atoms with Gasteiger partial charge in [-0.3, -0.25) is 9.80 Å². The lowest BCUT2D eigenvalue weighted by molar-refractivity contribution is -0.921. The number of nitrogens with two attached hydrogens (primary N) is 2. The molecule has 0 bridgehead atoms. The van der Waals surface area contributed by atoms with Crippen LogP contribution in [0.15, 0.2) is 141 Å². The number of halogens is 2. The van der Waals surface area contributed by atoms with Crippen LogP contribution in [0.4, 0.5) is 0 Å². The highest BCUT2D eigenvalue weighted by Gasteiger charge is 2.35. The highest BCUT2D eigenvalue weighted by atomic mass is 35.5. The highest BCUT2D eigenvalue weighted by molar-refractivity contribution is 7.99. The molecule has 7 rings (SSSR count). The van der Waals surface area contributed by atoms with Crippen molar-refractivity contribution < 1.29 is 16.9 Å². The van der Waals surface area contributed by atoms with Crippen LogP contribution in [-0.4, -0.2) is 89.7 Å². The Kier molecular flexibility index (Phi) is 31.3. The predicted octanol–water partition coefficient (Wildman–Crippen LogP) is 12.4. The van der Waals surface area contributed by atoms with E-state index in [1.54, 1.807) is 11.8 Å². The van der Waals surface area contributed by atoms with Crippen LogP contribution in [0.3, 0.4) is 0 Å². The molecule has 71 heavy (non-hydrogen) atoms. The lowest BCUT2D eigenvalue weighted by atomic mass is 9.86. The molecule has 0 aromatic heterocycles. The molecule has 5 aromatic rings. The molecular weight excluding hydrogens is 990 g/mol. The maximum atomic E-state index is 5.70. The summed E-state index contributed by atoms with van der Waals surface area (Å²) < 4.78 is 1.28. The van der Waals surface area contributed by atoms with Gasteiger partial charge in [0.2, 0.25) is 0 Å². The molecular formula is C60H89Cl2N5S4. The Bertz CT molecular complexity index is 2110. The van der Waals surface area contributed by atoms with Gasteiger partial charge in [0.25, 0.3) is 0 Å². The molecule has 392 valence electrons. The third kappa shape index (κ3) is 20.2. The summed E-state index contributed by atoms with van der Waals surface area (Å²) in [5, 5.41) is 0. The first-order valence-electron chi connectivity index (χ1n) is 26.0. The number of hydrogen-bond acceptors (Lipinski definition) is 8. The average molecular weight is 1080 g/mol. The van der Waals surface area contributed by atoms with Crippen molar-refractivity contribution in [2.75, 3.05) is 51.2 Å². The summed E-state index contributed by atoms with van der Waals surface area (Å²) in [5.41, 5.74) is 19.7. The number of hydrogen-bond donors (Lipinski definition) is 2. The van der Waals surface area contributed by atoms with E-state index in [1.165, 1.54) is 122 Å². The van der Waals surface area contributed by atoms with Crippen LogP contribution in [0.5, 0.6) is 0 Å². The van der Waals surface area contributed by atoms with Crippen molar-refractivity contribution in [1.82, 2.24) is 9.80 Å². The zero-order chi connectivity index (χ0) is 50.7. The fourth-order valence-corrected chi connectivity index (χ4v) is 12.8. The van der Waals surface area contributed by atoms with Crippen LogP contribution in [-0.2, 0) is 32.1 Å². The molecule has 2 fully saturated rings. The van der Waals surface area contributed by atoms with E-state index >= 15 is 0 Å². The lowest BCUT2D eigenvalue weighted by Gasteiger charge is -2.46. The van der Waals surface area contributed by atoms with Crippen LogP contribution in [0.25, 0.3) is 0 Å². The summed E-state index contributed by atoms with van der Waals surface area (Å²) >= 11 is 13.0. The van der Waals surface area contributed by atoms with E-state index < -0.39 is 0 Å². The predicted molar refractivity (Wildman–Crippen MR) is 315 cm³/mol. The normalized spacial score (nSPS) is 17.7. The van der Waals surface area contributed by atoms with Crippen molar-refractivity contribution in [3.8, 4) is 0 Å². The van der Waals surface area contributed by atoms with Gasteiger partial charge in [0.1, 0.15) is 0 Å². The fraction of sp³-hybridized carbons (Fsp3) is 0.500. The topological polar surface area (TPSA) is 58.5 Å². The summed E-state index contributed by atoms with van der Waals surface area (Å²) in [7, 11) is 0. The van der Waals surface area contributed by atoms with E-state index in [2.05, 4.69) is 179 Å². The Morgan fingerprint density at radius 2 is 0.732 bits per heavy atom. The highest BCUT2D eigenvalue weighted by Crippen LogP contribution is 2.35. The van der Waals surface area contributed by atoms with Crippen molar-refractivity contribution in [3.05, 3.63) is 155 Å². The standard InChI is InChI=1S/C38H46N2S3.C8H9ClS.C8H20N.C6H14N2.ClH/c1-29-15-5-6-16-30(29)25-39(26-31-17-7-12-22-36(31)41-2)34-20-10-11-21-35(34)40(27-32-18-8-13-23-37(32)42-3)28-33-19-9-14-24-38(33)43-4;1-10-8-5-3-2-4-7(8)6-9;1-5-9(6-2,7-3)8-4;7-5-3-1-2-4-6(5)8;/h5-9,12-19,22-24,34-35H,10-11,20-21,25-28H2,1-4H3;2-5H,6H2,1H3;5-8H2,1-4H3;5-6H,1-4,7-8H2;1H/q;;+1;;/p-1/t34-,35-;;;5-,6-;/m1..1./s1. The molecule has 0 aliphatic heterocycles. The smallest absolute Gasteiger partial charge is 0.0757 e. The maximum Gasteiger partial charge on any atom is 0.0757 e. The zero-order valence-corrected chi connectivity index (χ0v) is 49.5. The number of quaternary nitrogens is 1.